The van der Waals surface area contributed by atoms with Crippen molar-refractivity contribution in [3.05, 3.63) is 46.7 Å². The number of halogens is 1. The van der Waals surface area contributed by atoms with Crippen LogP contribution in [-0.4, -0.2) is 22.6 Å². The number of methoxy groups -OCH3 is 1. The molecule has 0 radical (unpaired) electrons. The van der Waals surface area contributed by atoms with Gasteiger partial charge in [0.2, 0.25) is 0 Å². The molecule has 27 heavy (non-hydrogen) atoms. The zero-order valence-corrected chi connectivity index (χ0v) is 15.8. The third kappa shape index (κ3) is 3.32. The van der Waals surface area contributed by atoms with Crippen molar-refractivity contribution in [2.24, 2.45) is 0 Å². The zero-order chi connectivity index (χ0) is 19.0. The summed E-state index contributed by atoms with van der Waals surface area (Å²) in [5.41, 5.74) is 9.16. The van der Waals surface area contributed by atoms with E-state index in [0.29, 0.717) is 27.7 Å². The highest BCUT2D eigenvalue weighted by atomic mass is 35.5. The van der Waals surface area contributed by atoms with Gasteiger partial charge in [-0.25, -0.2) is 4.98 Å². The number of nitrogens with zero attached hydrogens (tertiary/aromatic N) is 2. The number of carbonyl (C=O) groups is 1. The number of ether oxygens (including phenoxy) is 1. The van der Waals surface area contributed by atoms with Gasteiger partial charge in [-0.1, -0.05) is 18.0 Å². The van der Waals surface area contributed by atoms with Gasteiger partial charge in [0, 0.05) is 24.7 Å². The smallest absolute Gasteiger partial charge is 0.259 e. The van der Waals surface area contributed by atoms with E-state index >= 15 is 0 Å². The second-order valence-electron chi connectivity index (χ2n) is 6.72. The average Bonchev–Trinajstić information content (AvgIpc) is 2.83. The monoisotopic (exact) mass is 384 g/mol. The van der Waals surface area contributed by atoms with E-state index in [4.69, 9.17) is 27.1 Å². The summed E-state index contributed by atoms with van der Waals surface area (Å²) in [6.45, 7) is 0.999. The number of fused-ring (bicyclic) bond motifs is 3. The molecule has 0 spiro atoms. The number of nitrogens with one attached hydrogen (secondary N) is 1. The van der Waals surface area contributed by atoms with Crippen LogP contribution in [0.25, 0.3) is 11.0 Å². The molecule has 2 heterocycles. The second kappa shape index (κ2) is 7.12. The molecule has 0 unspecified atom stereocenters. The number of nitrogen functional groups attached to an aromatic ring is 1. The highest BCUT2D eigenvalue weighted by Crippen LogP contribution is 2.30. The molecule has 0 fully saturated rings. The zero-order valence-electron chi connectivity index (χ0n) is 15.1. The van der Waals surface area contributed by atoms with E-state index in [9.17, 15) is 4.79 Å². The number of aromatic nitrogens is 2. The SMILES string of the molecule is COc1cc(N)c(Cl)cc1C(=O)Nc1ccc2c(c1)nc1n2CCCCC1. The van der Waals surface area contributed by atoms with Crippen LogP contribution in [0.3, 0.4) is 0 Å². The van der Waals surface area contributed by atoms with Gasteiger partial charge in [-0.05, 0) is 37.1 Å². The van der Waals surface area contributed by atoms with Gasteiger partial charge < -0.3 is 20.4 Å². The topological polar surface area (TPSA) is 82.2 Å². The number of nitrogens with two attached hydrogens (primary N) is 1. The molecule has 0 saturated carbocycles. The molecular formula is C20H21ClN4O2. The van der Waals surface area contributed by atoms with Crippen LogP contribution in [0.5, 0.6) is 5.75 Å². The van der Waals surface area contributed by atoms with Gasteiger partial charge in [0.15, 0.2) is 0 Å². The number of imidazole rings is 1. The molecule has 140 valence electrons. The Balaban J connectivity index is 1.64. The first-order valence-corrected chi connectivity index (χ1v) is 9.38. The van der Waals surface area contributed by atoms with E-state index < -0.39 is 0 Å². The minimum atomic E-state index is -0.311. The van der Waals surface area contributed by atoms with Crippen molar-refractivity contribution in [3.8, 4) is 5.75 Å². The summed E-state index contributed by atoms with van der Waals surface area (Å²) in [6.07, 6.45) is 4.59. The Morgan fingerprint density at radius 3 is 2.93 bits per heavy atom. The molecule has 6 nitrogen and oxygen atoms in total. The molecule has 1 aromatic heterocycles. The molecule has 1 aliphatic heterocycles. The predicted octanol–water partition coefficient (Wildman–Crippen LogP) is 4.26. The van der Waals surface area contributed by atoms with E-state index in [1.54, 1.807) is 6.07 Å². The minimum absolute atomic E-state index is 0.311. The van der Waals surface area contributed by atoms with Crippen molar-refractivity contribution in [2.75, 3.05) is 18.2 Å². The molecule has 0 aliphatic carbocycles. The highest BCUT2D eigenvalue weighted by molar-refractivity contribution is 6.33. The van der Waals surface area contributed by atoms with Crippen molar-refractivity contribution in [3.63, 3.8) is 0 Å². The summed E-state index contributed by atoms with van der Waals surface area (Å²) < 4.78 is 7.55. The summed E-state index contributed by atoms with van der Waals surface area (Å²) in [7, 11) is 1.49. The van der Waals surface area contributed by atoms with Gasteiger partial charge in [-0.2, -0.15) is 0 Å². The number of aryl methyl sites for hydroxylation is 2. The lowest BCUT2D eigenvalue weighted by Gasteiger charge is -2.11. The lowest BCUT2D eigenvalue weighted by molar-refractivity contribution is 0.102. The third-order valence-corrected chi connectivity index (χ3v) is 5.26. The van der Waals surface area contributed by atoms with Crippen LogP contribution >= 0.6 is 11.6 Å². The third-order valence-electron chi connectivity index (χ3n) is 4.93. The van der Waals surface area contributed by atoms with Crippen molar-refractivity contribution in [2.45, 2.75) is 32.2 Å². The van der Waals surface area contributed by atoms with E-state index in [-0.39, 0.29) is 5.91 Å². The summed E-state index contributed by atoms with van der Waals surface area (Å²) in [5, 5.41) is 3.21. The molecule has 7 heteroatoms. The summed E-state index contributed by atoms with van der Waals surface area (Å²) in [5.74, 6) is 1.19. The van der Waals surface area contributed by atoms with Gasteiger partial charge in [-0.15, -0.1) is 0 Å². The van der Waals surface area contributed by atoms with E-state index in [0.717, 1.165) is 29.8 Å². The molecule has 4 rings (SSSR count). The van der Waals surface area contributed by atoms with Crippen LogP contribution in [0.2, 0.25) is 5.02 Å². The van der Waals surface area contributed by atoms with Crippen molar-refractivity contribution < 1.29 is 9.53 Å². The van der Waals surface area contributed by atoms with Gasteiger partial charge >= 0.3 is 0 Å². The van der Waals surface area contributed by atoms with Crippen molar-refractivity contribution >= 4 is 39.9 Å². The summed E-state index contributed by atoms with van der Waals surface area (Å²) >= 11 is 6.07. The van der Waals surface area contributed by atoms with E-state index in [1.165, 1.54) is 32.4 Å². The maximum atomic E-state index is 12.7. The van der Waals surface area contributed by atoms with Crippen LogP contribution in [0, 0.1) is 0 Å². The fourth-order valence-corrected chi connectivity index (χ4v) is 3.71. The maximum absolute atomic E-state index is 12.7. The Morgan fingerprint density at radius 2 is 2.11 bits per heavy atom. The molecule has 3 N–H and O–H groups in total. The van der Waals surface area contributed by atoms with Gasteiger partial charge in [0.25, 0.3) is 5.91 Å². The minimum Gasteiger partial charge on any atom is -0.496 e. The lowest BCUT2D eigenvalue weighted by atomic mass is 10.1. The standard InChI is InChI=1S/C20H21ClN4O2/c1-27-18-11-15(22)14(21)10-13(18)20(26)23-12-6-7-17-16(9-12)24-19-5-3-2-4-8-25(17)19/h6-7,9-11H,2-5,8,22H2,1H3,(H,23,26). The molecule has 1 aliphatic rings. The summed E-state index contributed by atoms with van der Waals surface area (Å²) in [4.78, 5) is 17.5. The predicted molar refractivity (Wildman–Crippen MR) is 108 cm³/mol. The number of amides is 1. The van der Waals surface area contributed by atoms with Gasteiger partial charge in [-0.3, -0.25) is 4.79 Å². The average molecular weight is 385 g/mol. The molecule has 3 aromatic rings. The van der Waals surface area contributed by atoms with E-state index in [1.807, 2.05) is 18.2 Å². The van der Waals surface area contributed by atoms with Gasteiger partial charge in [0.1, 0.15) is 11.6 Å². The Bertz CT molecular complexity index is 1030. The Labute approximate surface area is 162 Å². The van der Waals surface area contributed by atoms with Crippen LogP contribution in [0.4, 0.5) is 11.4 Å². The quantitative estimate of drug-likeness (QED) is 0.661. The fraction of sp³-hybridized carbons (Fsp3) is 0.300. The summed E-state index contributed by atoms with van der Waals surface area (Å²) in [6, 6.07) is 8.88. The van der Waals surface area contributed by atoms with Crippen LogP contribution in [0.1, 0.15) is 35.4 Å². The number of hydrogen-bond acceptors (Lipinski definition) is 4. The number of rotatable bonds is 3. The van der Waals surface area contributed by atoms with E-state index in [2.05, 4.69) is 9.88 Å². The number of carbonyl (C=O) groups excluding carboxylic acids is 1. The number of benzene rings is 2. The van der Waals surface area contributed by atoms with Crippen molar-refractivity contribution in [1.29, 1.82) is 0 Å². The normalized spacial score (nSPS) is 13.9. The number of hydrogen-bond donors (Lipinski definition) is 2. The molecule has 0 atom stereocenters. The lowest BCUT2D eigenvalue weighted by Crippen LogP contribution is -2.13. The molecule has 2 aromatic carbocycles. The van der Waals surface area contributed by atoms with Crippen LogP contribution < -0.4 is 15.8 Å². The first kappa shape index (κ1) is 17.7. The van der Waals surface area contributed by atoms with Crippen molar-refractivity contribution in [1.82, 2.24) is 9.55 Å². The first-order valence-electron chi connectivity index (χ1n) is 9.00. The molecule has 1 amide bonds. The molecular weight excluding hydrogens is 364 g/mol. The van der Waals surface area contributed by atoms with Crippen LogP contribution in [-0.2, 0) is 13.0 Å². The fourth-order valence-electron chi connectivity index (χ4n) is 3.54. The highest BCUT2D eigenvalue weighted by Gasteiger charge is 2.17. The maximum Gasteiger partial charge on any atom is 0.259 e. The van der Waals surface area contributed by atoms with Gasteiger partial charge in [0.05, 0.1) is 34.4 Å². The Morgan fingerprint density at radius 1 is 1.26 bits per heavy atom. The largest absolute Gasteiger partial charge is 0.496 e. The molecule has 0 saturated heterocycles. The Kier molecular flexibility index (Phi) is 4.66. The molecule has 0 bridgehead atoms. The Hall–Kier alpha value is -2.73. The second-order valence-corrected chi connectivity index (χ2v) is 7.13. The number of anilines is 2. The van der Waals surface area contributed by atoms with Crippen LogP contribution in [0.15, 0.2) is 30.3 Å². The first-order chi connectivity index (χ1) is 13.1.